The Hall–Kier alpha value is -3.78. The lowest BCUT2D eigenvalue weighted by atomic mass is 10.1. The minimum Gasteiger partial charge on any atom is -0.338 e. The highest BCUT2D eigenvalue weighted by atomic mass is 16.5. The van der Waals surface area contributed by atoms with Crippen LogP contribution < -0.4 is 0 Å². The summed E-state index contributed by atoms with van der Waals surface area (Å²) in [5.41, 5.74) is 3.52. The molecule has 8 nitrogen and oxygen atoms in total. The highest BCUT2D eigenvalue weighted by molar-refractivity contribution is 5.92. The number of carbonyl (C=O) groups excluding carboxylic acids is 1. The van der Waals surface area contributed by atoms with Gasteiger partial charge in [-0.05, 0) is 25.1 Å². The normalized spacial score (nSPS) is 14.6. The second-order valence-electron chi connectivity index (χ2n) is 7.93. The summed E-state index contributed by atoms with van der Waals surface area (Å²) in [6.45, 7) is 5.38. The van der Waals surface area contributed by atoms with Gasteiger partial charge in [0.1, 0.15) is 0 Å². The molecular formula is C24H24N6O2. The number of amides is 1. The van der Waals surface area contributed by atoms with Gasteiger partial charge in [-0.1, -0.05) is 53.2 Å². The maximum atomic E-state index is 12.9. The van der Waals surface area contributed by atoms with E-state index in [4.69, 9.17) is 4.52 Å². The number of hydrogen-bond acceptors (Lipinski definition) is 6. The zero-order chi connectivity index (χ0) is 21.9. The average Bonchev–Trinajstić information content (AvgIpc) is 3.51. The fourth-order valence-corrected chi connectivity index (χ4v) is 3.76. The highest BCUT2D eigenvalue weighted by Gasteiger charge is 2.25. The summed E-state index contributed by atoms with van der Waals surface area (Å²) < 4.78 is 7.17. The van der Waals surface area contributed by atoms with E-state index in [1.807, 2.05) is 72.6 Å². The molecule has 1 fully saturated rings. The van der Waals surface area contributed by atoms with E-state index in [2.05, 4.69) is 20.1 Å². The number of hydrogen-bond donors (Lipinski definition) is 0. The van der Waals surface area contributed by atoms with Crippen molar-refractivity contribution in [2.75, 3.05) is 26.2 Å². The smallest absolute Gasteiger partial charge is 0.274 e. The first-order chi connectivity index (χ1) is 15.7. The van der Waals surface area contributed by atoms with E-state index >= 15 is 0 Å². The third-order valence-corrected chi connectivity index (χ3v) is 5.63. The first kappa shape index (κ1) is 20.1. The molecule has 5 rings (SSSR count). The zero-order valence-electron chi connectivity index (χ0n) is 17.9. The van der Waals surface area contributed by atoms with Gasteiger partial charge in [-0.3, -0.25) is 9.69 Å². The number of carbonyl (C=O) groups is 1. The van der Waals surface area contributed by atoms with E-state index in [1.54, 1.807) is 10.7 Å². The lowest BCUT2D eigenvalue weighted by Crippen LogP contribution is -2.48. The van der Waals surface area contributed by atoms with Crippen molar-refractivity contribution in [2.45, 2.75) is 13.5 Å². The molecule has 1 amide bonds. The van der Waals surface area contributed by atoms with Crippen LogP contribution in [0.25, 0.3) is 17.1 Å². The average molecular weight is 428 g/mol. The van der Waals surface area contributed by atoms with Gasteiger partial charge in [0.2, 0.25) is 11.7 Å². The van der Waals surface area contributed by atoms with Gasteiger partial charge in [-0.25, -0.2) is 4.68 Å². The van der Waals surface area contributed by atoms with Gasteiger partial charge in [0.15, 0.2) is 5.69 Å². The second-order valence-corrected chi connectivity index (χ2v) is 7.93. The SMILES string of the molecule is Cc1ccc(-c2noc(CN3CCN(C(=O)c4ccn(-c5ccccc5)n4)CC3)n2)cc1. The summed E-state index contributed by atoms with van der Waals surface area (Å²) >= 11 is 0. The van der Waals surface area contributed by atoms with Crippen molar-refractivity contribution in [3.63, 3.8) is 0 Å². The van der Waals surface area contributed by atoms with E-state index in [0.29, 0.717) is 37.0 Å². The zero-order valence-corrected chi connectivity index (χ0v) is 17.9. The van der Waals surface area contributed by atoms with Crippen molar-refractivity contribution in [2.24, 2.45) is 0 Å². The Bertz CT molecular complexity index is 1190. The Morgan fingerprint density at radius 2 is 1.72 bits per heavy atom. The molecule has 2 aromatic heterocycles. The number of rotatable bonds is 5. The summed E-state index contributed by atoms with van der Waals surface area (Å²) in [5, 5.41) is 8.56. The molecule has 4 aromatic rings. The van der Waals surface area contributed by atoms with Crippen molar-refractivity contribution in [3.8, 4) is 17.1 Å². The van der Waals surface area contributed by atoms with Crippen LogP contribution >= 0.6 is 0 Å². The molecule has 1 saturated heterocycles. The van der Waals surface area contributed by atoms with Crippen LogP contribution in [0.2, 0.25) is 0 Å². The van der Waals surface area contributed by atoms with Crippen LogP contribution in [-0.2, 0) is 6.54 Å². The van der Waals surface area contributed by atoms with Crippen molar-refractivity contribution >= 4 is 5.91 Å². The predicted molar refractivity (Wildman–Crippen MR) is 119 cm³/mol. The van der Waals surface area contributed by atoms with Crippen molar-refractivity contribution in [1.29, 1.82) is 0 Å². The standard InChI is InChI=1S/C24H24N6O2/c1-18-7-9-19(10-8-18)23-25-22(32-27-23)17-28-13-15-29(16-14-28)24(31)21-11-12-30(26-21)20-5-3-2-4-6-20/h2-12H,13-17H2,1H3. The molecule has 2 aromatic carbocycles. The Kier molecular flexibility index (Phi) is 5.51. The second kappa shape index (κ2) is 8.76. The lowest BCUT2D eigenvalue weighted by molar-refractivity contribution is 0.0609. The molecule has 162 valence electrons. The molecule has 32 heavy (non-hydrogen) atoms. The van der Waals surface area contributed by atoms with Gasteiger partial charge in [0.25, 0.3) is 5.91 Å². The van der Waals surface area contributed by atoms with Crippen molar-refractivity contribution < 1.29 is 9.32 Å². The van der Waals surface area contributed by atoms with E-state index in [9.17, 15) is 4.79 Å². The van der Waals surface area contributed by atoms with Crippen molar-refractivity contribution in [3.05, 3.63) is 84.0 Å². The number of para-hydroxylation sites is 1. The molecule has 8 heteroatoms. The fraction of sp³-hybridized carbons (Fsp3) is 0.250. The van der Waals surface area contributed by atoms with Crippen LogP contribution in [0, 0.1) is 6.92 Å². The minimum atomic E-state index is -0.0428. The summed E-state index contributed by atoms with van der Waals surface area (Å²) in [7, 11) is 0. The third-order valence-electron chi connectivity index (χ3n) is 5.63. The molecule has 1 aliphatic heterocycles. The summed E-state index contributed by atoms with van der Waals surface area (Å²) in [6, 6.07) is 19.6. The summed E-state index contributed by atoms with van der Waals surface area (Å²) in [6.07, 6.45) is 1.82. The van der Waals surface area contributed by atoms with E-state index < -0.39 is 0 Å². The van der Waals surface area contributed by atoms with Gasteiger partial charge in [0, 0.05) is 37.9 Å². The first-order valence-corrected chi connectivity index (χ1v) is 10.7. The quantitative estimate of drug-likeness (QED) is 0.486. The molecule has 0 aliphatic carbocycles. The van der Waals surface area contributed by atoms with Gasteiger partial charge >= 0.3 is 0 Å². The van der Waals surface area contributed by atoms with Gasteiger partial charge in [0.05, 0.1) is 12.2 Å². The lowest BCUT2D eigenvalue weighted by Gasteiger charge is -2.33. The van der Waals surface area contributed by atoms with Crippen LogP contribution in [0.1, 0.15) is 21.9 Å². The highest BCUT2D eigenvalue weighted by Crippen LogP contribution is 2.18. The van der Waals surface area contributed by atoms with Gasteiger partial charge < -0.3 is 9.42 Å². The van der Waals surface area contributed by atoms with E-state index in [0.717, 1.165) is 24.3 Å². The van der Waals surface area contributed by atoms with Gasteiger partial charge in [-0.15, -0.1) is 0 Å². The maximum Gasteiger partial charge on any atom is 0.274 e. The number of nitrogens with zero attached hydrogens (tertiary/aromatic N) is 6. The minimum absolute atomic E-state index is 0.0428. The molecular weight excluding hydrogens is 404 g/mol. The molecule has 0 bridgehead atoms. The predicted octanol–water partition coefficient (Wildman–Crippen LogP) is 3.19. The molecule has 0 radical (unpaired) electrons. The molecule has 0 N–H and O–H groups in total. The Balaban J connectivity index is 1.17. The number of aryl methyl sites for hydroxylation is 1. The van der Waals surface area contributed by atoms with Crippen LogP contribution in [0.15, 0.2) is 71.4 Å². The largest absolute Gasteiger partial charge is 0.338 e. The van der Waals surface area contributed by atoms with Gasteiger partial charge in [-0.2, -0.15) is 10.1 Å². The van der Waals surface area contributed by atoms with Crippen LogP contribution in [0.3, 0.4) is 0 Å². The molecule has 0 atom stereocenters. The molecule has 0 unspecified atom stereocenters. The monoisotopic (exact) mass is 428 g/mol. The Morgan fingerprint density at radius 1 is 0.969 bits per heavy atom. The molecule has 0 saturated carbocycles. The summed E-state index contributed by atoms with van der Waals surface area (Å²) in [5.74, 6) is 1.14. The first-order valence-electron chi connectivity index (χ1n) is 10.7. The van der Waals surface area contributed by atoms with Crippen molar-refractivity contribution in [1.82, 2.24) is 29.7 Å². The Morgan fingerprint density at radius 3 is 2.47 bits per heavy atom. The molecule has 1 aliphatic rings. The van der Waals surface area contributed by atoms with E-state index in [-0.39, 0.29) is 5.91 Å². The number of benzene rings is 2. The fourth-order valence-electron chi connectivity index (χ4n) is 3.76. The third kappa shape index (κ3) is 4.31. The Labute approximate surface area is 186 Å². The topological polar surface area (TPSA) is 80.3 Å². The van der Waals surface area contributed by atoms with Crippen LogP contribution in [-0.4, -0.2) is 61.8 Å². The van der Waals surface area contributed by atoms with Crippen LogP contribution in [0.4, 0.5) is 0 Å². The maximum absolute atomic E-state index is 12.9. The number of aromatic nitrogens is 4. The van der Waals surface area contributed by atoms with Crippen LogP contribution in [0.5, 0.6) is 0 Å². The molecule has 0 spiro atoms. The number of piperazine rings is 1. The van der Waals surface area contributed by atoms with E-state index in [1.165, 1.54) is 5.56 Å². The summed E-state index contributed by atoms with van der Waals surface area (Å²) in [4.78, 5) is 21.5. The molecule has 3 heterocycles.